The number of aliphatic hydroxyl groups is 1. The fourth-order valence-electron chi connectivity index (χ4n) is 3.22. The second-order valence-corrected chi connectivity index (χ2v) is 6.24. The van der Waals surface area contributed by atoms with Crippen LogP contribution in [-0.4, -0.2) is 5.11 Å². The highest BCUT2D eigenvalue weighted by molar-refractivity contribution is 6.30. The monoisotopic (exact) mass is 304 g/mol. The van der Waals surface area contributed by atoms with E-state index in [0.29, 0.717) is 17.0 Å². The van der Waals surface area contributed by atoms with Crippen molar-refractivity contribution in [2.75, 3.05) is 0 Å². The summed E-state index contributed by atoms with van der Waals surface area (Å²) in [5.41, 5.74) is 1.63. The van der Waals surface area contributed by atoms with Gasteiger partial charge in [0.2, 0.25) is 0 Å². The fourth-order valence-corrected chi connectivity index (χ4v) is 3.38. The van der Waals surface area contributed by atoms with Crippen molar-refractivity contribution in [3.05, 3.63) is 70.0 Å². The lowest BCUT2D eigenvalue weighted by Gasteiger charge is -2.29. The first-order chi connectivity index (χ1) is 10.1. The molecule has 1 aliphatic rings. The van der Waals surface area contributed by atoms with Gasteiger partial charge in [-0.15, -0.1) is 0 Å². The Morgan fingerprint density at radius 1 is 1.14 bits per heavy atom. The molecule has 0 amide bonds. The molecule has 0 bridgehead atoms. The highest BCUT2D eigenvalue weighted by Gasteiger charge is 2.33. The number of rotatable bonds is 2. The third-order valence-corrected chi connectivity index (χ3v) is 4.54. The normalized spacial score (nSPS) is 21.7. The first-order valence-corrected chi connectivity index (χ1v) is 7.71. The SMILES string of the molecule is OC1(Cc2ccc(Cl)cc2F)CCCCc2ccccc21. The molecule has 3 rings (SSSR count). The van der Waals surface area contributed by atoms with Gasteiger partial charge in [0, 0.05) is 11.4 Å². The molecule has 2 aromatic rings. The van der Waals surface area contributed by atoms with Crippen molar-refractivity contribution in [2.24, 2.45) is 0 Å². The molecule has 0 saturated heterocycles. The van der Waals surface area contributed by atoms with Crippen LogP contribution in [0.25, 0.3) is 0 Å². The van der Waals surface area contributed by atoms with E-state index in [1.54, 1.807) is 12.1 Å². The number of benzene rings is 2. The van der Waals surface area contributed by atoms with Crippen LogP contribution >= 0.6 is 11.6 Å². The van der Waals surface area contributed by atoms with E-state index in [0.717, 1.165) is 24.8 Å². The lowest BCUT2D eigenvalue weighted by Crippen LogP contribution is -2.29. The Balaban J connectivity index is 2.00. The highest BCUT2D eigenvalue weighted by atomic mass is 35.5. The first-order valence-electron chi connectivity index (χ1n) is 7.33. The third kappa shape index (κ3) is 2.97. The zero-order valence-corrected chi connectivity index (χ0v) is 12.5. The fraction of sp³-hybridized carbons (Fsp3) is 0.333. The van der Waals surface area contributed by atoms with Gasteiger partial charge in [-0.1, -0.05) is 41.9 Å². The minimum atomic E-state index is -0.998. The summed E-state index contributed by atoms with van der Waals surface area (Å²) in [6.07, 6.45) is 3.92. The molecule has 1 aliphatic carbocycles. The van der Waals surface area contributed by atoms with E-state index in [1.165, 1.54) is 11.6 Å². The summed E-state index contributed by atoms with van der Waals surface area (Å²) in [7, 11) is 0. The maximum Gasteiger partial charge on any atom is 0.127 e. The van der Waals surface area contributed by atoms with E-state index in [9.17, 15) is 9.50 Å². The minimum Gasteiger partial charge on any atom is -0.385 e. The van der Waals surface area contributed by atoms with Crippen molar-refractivity contribution >= 4 is 11.6 Å². The maximum atomic E-state index is 14.1. The predicted octanol–water partition coefficient (Wildman–Crippen LogP) is 4.64. The summed E-state index contributed by atoms with van der Waals surface area (Å²) in [5, 5.41) is 11.5. The summed E-state index contributed by atoms with van der Waals surface area (Å²) >= 11 is 5.80. The van der Waals surface area contributed by atoms with Gasteiger partial charge in [-0.2, -0.15) is 0 Å². The highest BCUT2D eigenvalue weighted by Crippen LogP contribution is 2.37. The Morgan fingerprint density at radius 3 is 2.76 bits per heavy atom. The van der Waals surface area contributed by atoms with Crippen LogP contribution in [0.2, 0.25) is 5.02 Å². The van der Waals surface area contributed by atoms with Crippen LogP contribution in [0, 0.1) is 5.82 Å². The van der Waals surface area contributed by atoms with Gasteiger partial charge in [-0.25, -0.2) is 4.39 Å². The Kier molecular flexibility index (Phi) is 4.01. The number of hydrogen-bond donors (Lipinski definition) is 1. The summed E-state index contributed by atoms with van der Waals surface area (Å²) in [5.74, 6) is -0.349. The van der Waals surface area contributed by atoms with Crippen molar-refractivity contribution in [1.82, 2.24) is 0 Å². The quantitative estimate of drug-likeness (QED) is 0.802. The van der Waals surface area contributed by atoms with E-state index in [1.807, 2.05) is 18.2 Å². The molecule has 0 aromatic heterocycles. The Bertz CT molecular complexity index is 655. The summed E-state index contributed by atoms with van der Waals surface area (Å²) in [4.78, 5) is 0. The molecule has 1 N–H and O–H groups in total. The van der Waals surface area contributed by atoms with Gasteiger partial charge in [0.15, 0.2) is 0 Å². The van der Waals surface area contributed by atoms with E-state index < -0.39 is 5.60 Å². The molecule has 110 valence electrons. The van der Waals surface area contributed by atoms with Crippen LogP contribution in [0.15, 0.2) is 42.5 Å². The van der Waals surface area contributed by atoms with Crippen LogP contribution in [0.3, 0.4) is 0 Å². The lowest BCUT2D eigenvalue weighted by atomic mass is 9.82. The largest absolute Gasteiger partial charge is 0.385 e. The summed E-state index contributed by atoms with van der Waals surface area (Å²) in [6, 6.07) is 12.6. The molecule has 0 spiro atoms. The first kappa shape index (κ1) is 14.6. The van der Waals surface area contributed by atoms with Crippen molar-refractivity contribution in [2.45, 2.75) is 37.7 Å². The van der Waals surface area contributed by atoms with Gasteiger partial charge in [0.1, 0.15) is 5.82 Å². The van der Waals surface area contributed by atoms with Crippen molar-refractivity contribution in [3.63, 3.8) is 0 Å². The average molecular weight is 305 g/mol. The second-order valence-electron chi connectivity index (χ2n) is 5.81. The number of halogens is 2. The molecule has 3 heteroatoms. The predicted molar refractivity (Wildman–Crippen MR) is 83.0 cm³/mol. The Hall–Kier alpha value is -1.38. The molecule has 0 fully saturated rings. The molecule has 1 unspecified atom stereocenters. The van der Waals surface area contributed by atoms with E-state index in [4.69, 9.17) is 11.6 Å². The standard InChI is InChI=1S/C18H18ClFO/c19-15-9-8-14(17(20)11-15)12-18(21)10-4-3-6-13-5-1-2-7-16(13)18/h1-2,5,7-9,11,21H,3-4,6,10,12H2. The number of fused-ring (bicyclic) bond motifs is 1. The minimum absolute atomic E-state index is 0.285. The van der Waals surface area contributed by atoms with Gasteiger partial charge >= 0.3 is 0 Å². The molecule has 0 heterocycles. The Labute approximate surface area is 129 Å². The number of hydrogen-bond acceptors (Lipinski definition) is 1. The van der Waals surface area contributed by atoms with Gasteiger partial charge in [0.25, 0.3) is 0 Å². The van der Waals surface area contributed by atoms with Crippen molar-refractivity contribution in [1.29, 1.82) is 0 Å². The van der Waals surface area contributed by atoms with Crippen LogP contribution < -0.4 is 0 Å². The summed E-state index contributed by atoms with van der Waals surface area (Å²) in [6.45, 7) is 0. The molecule has 2 aromatic carbocycles. The molecule has 1 atom stereocenters. The molecule has 0 saturated carbocycles. The van der Waals surface area contributed by atoms with Crippen LogP contribution in [0.1, 0.15) is 36.0 Å². The molecular formula is C18H18ClFO. The van der Waals surface area contributed by atoms with Gasteiger partial charge in [-0.3, -0.25) is 0 Å². The second kappa shape index (κ2) is 5.78. The smallest absolute Gasteiger partial charge is 0.127 e. The molecule has 21 heavy (non-hydrogen) atoms. The lowest BCUT2D eigenvalue weighted by molar-refractivity contribution is 0.0264. The van der Waals surface area contributed by atoms with Crippen molar-refractivity contribution in [3.8, 4) is 0 Å². The topological polar surface area (TPSA) is 20.2 Å². The van der Waals surface area contributed by atoms with Crippen molar-refractivity contribution < 1.29 is 9.50 Å². The molecule has 0 radical (unpaired) electrons. The molecule has 1 nitrogen and oxygen atoms in total. The number of aryl methyl sites for hydroxylation is 1. The summed E-state index contributed by atoms with van der Waals surface area (Å²) < 4.78 is 14.1. The van der Waals surface area contributed by atoms with Gasteiger partial charge in [-0.05, 0) is 54.5 Å². The van der Waals surface area contributed by atoms with Crippen LogP contribution in [0.4, 0.5) is 4.39 Å². The van der Waals surface area contributed by atoms with E-state index in [2.05, 4.69) is 6.07 Å². The third-order valence-electron chi connectivity index (χ3n) is 4.30. The average Bonchev–Trinajstić information content (AvgIpc) is 2.63. The van der Waals surface area contributed by atoms with E-state index >= 15 is 0 Å². The van der Waals surface area contributed by atoms with E-state index in [-0.39, 0.29) is 12.2 Å². The maximum absolute atomic E-state index is 14.1. The van der Waals surface area contributed by atoms with Gasteiger partial charge < -0.3 is 5.11 Å². The van der Waals surface area contributed by atoms with Crippen LogP contribution in [-0.2, 0) is 18.4 Å². The Morgan fingerprint density at radius 2 is 1.95 bits per heavy atom. The molecule has 0 aliphatic heterocycles. The zero-order valence-electron chi connectivity index (χ0n) is 11.8. The zero-order chi connectivity index (χ0) is 14.9. The molecular weight excluding hydrogens is 287 g/mol. The van der Waals surface area contributed by atoms with Crippen LogP contribution in [0.5, 0.6) is 0 Å². The van der Waals surface area contributed by atoms with Gasteiger partial charge in [0.05, 0.1) is 5.60 Å².